The summed E-state index contributed by atoms with van der Waals surface area (Å²) in [5.41, 5.74) is 5.78. The number of carbonyl (C=O) groups excluding carboxylic acids is 3. The lowest BCUT2D eigenvalue weighted by Gasteiger charge is -2.36. The largest absolute Gasteiger partial charge is 0.493 e. The molecule has 7 rings (SSSR count). The molecule has 1 aliphatic rings. The number of methoxy groups -OCH3 is 4. The summed E-state index contributed by atoms with van der Waals surface area (Å²) in [5.74, 6) is 0.666. The Morgan fingerprint density at radius 1 is 0.758 bits per heavy atom. The fourth-order valence-electron chi connectivity index (χ4n) is 7.49. The smallest absolute Gasteiger partial charge is 0.322 e. The highest BCUT2D eigenvalue weighted by Crippen LogP contribution is 2.41. The number of nitrogens with zero attached hydrogens (tertiary/aromatic N) is 4. The summed E-state index contributed by atoms with van der Waals surface area (Å²) in [7, 11) is 6.12. The number of urea groups is 1. The van der Waals surface area contributed by atoms with Crippen LogP contribution >= 0.6 is 0 Å². The topological polar surface area (TPSA) is 189 Å². The molecule has 5 N–H and O–H groups in total. The Labute approximate surface area is 359 Å². The van der Waals surface area contributed by atoms with Crippen LogP contribution in [0.5, 0.6) is 23.1 Å². The standard InChI is InChI=1S/C46H50N8O8/c1-7-35-34(25-38(45(51-35)62-6)52-46(58)54-18-16-53(17-19-54)31-23-39(59-3)42(61-5)40(24-31)60-4)44(57)47-27(2)43(56)49-30-21-28(26-55)20-29(22-30)48-41-32-12-8-10-14-36(32)50-37-15-11-9-13-33(37)41/h8-15,20-25,27,55H,7,16-19,26H2,1-6H3,(H,47,57)(H,48,50)(H,49,56)(H,52,58). The first kappa shape index (κ1) is 42.8. The number of carbonyl (C=O) groups is 3. The zero-order chi connectivity index (χ0) is 43.9. The van der Waals surface area contributed by atoms with Gasteiger partial charge in [-0.15, -0.1) is 0 Å². The number of hydrogen-bond acceptors (Lipinski definition) is 12. The van der Waals surface area contributed by atoms with Crippen molar-refractivity contribution in [3.8, 4) is 23.1 Å². The van der Waals surface area contributed by atoms with Gasteiger partial charge in [-0.2, -0.15) is 0 Å². The Morgan fingerprint density at radius 3 is 1.97 bits per heavy atom. The number of aliphatic hydroxyl groups is 1. The first-order valence-corrected chi connectivity index (χ1v) is 20.2. The molecule has 0 radical (unpaired) electrons. The van der Waals surface area contributed by atoms with Crippen LogP contribution in [0.25, 0.3) is 21.8 Å². The van der Waals surface area contributed by atoms with Gasteiger partial charge in [0, 0.05) is 66.1 Å². The van der Waals surface area contributed by atoms with Crippen molar-refractivity contribution < 1.29 is 38.4 Å². The molecule has 16 nitrogen and oxygen atoms in total. The molecule has 16 heteroatoms. The predicted molar refractivity (Wildman–Crippen MR) is 240 cm³/mol. The van der Waals surface area contributed by atoms with Crippen LogP contribution in [0.2, 0.25) is 0 Å². The van der Waals surface area contributed by atoms with E-state index >= 15 is 0 Å². The number of rotatable bonds is 14. The van der Waals surface area contributed by atoms with Crippen molar-refractivity contribution >= 4 is 68.1 Å². The molecule has 0 spiro atoms. The molecule has 1 unspecified atom stereocenters. The van der Waals surface area contributed by atoms with Crippen molar-refractivity contribution in [1.82, 2.24) is 20.2 Å². The number of piperazine rings is 1. The molecule has 1 aliphatic heterocycles. The third-order valence-corrected chi connectivity index (χ3v) is 10.7. The van der Waals surface area contributed by atoms with Gasteiger partial charge < -0.3 is 55.1 Å². The maximum absolute atomic E-state index is 13.8. The Kier molecular flexibility index (Phi) is 13.1. The average molecular weight is 843 g/mol. The Bertz CT molecular complexity index is 2550. The third-order valence-electron chi connectivity index (χ3n) is 10.7. The van der Waals surface area contributed by atoms with E-state index in [0.717, 1.165) is 33.2 Å². The number of hydrogen-bond donors (Lipinski definition) is 5. The molecule has 0 saturated carbocycles. The van der Waals surface area contributed by atoms with E-state index in [1.54, 1.807) is 45.3 Å². The minimum atomic E-state index is -0.989. The second kappa shape index (κ2) is 18.9. The molecule has 6 aromatic rings. The van der Waals surface area contributed by atoms with Gasteiger partial charge in [0.2, 0.25) is 17.5 Å². The highest BCUT2D eigenvalue weighted by Gasteiger charge is 2.27. The Hall–Kier alpha value is -7.33. The third kappa shape index (κ3) is 9.05. The lowest BCUT2D eigenvalue weighted by Crippen LogP contribution is -2.50. The van der Waals surface area contributed by atoms with Crippen LogP contribution in [0, 0.1) is 0 Å². The number of para-hydroxylation sites is 2. The molecule has 1 atom stereocenters. The van der Waals surface area contributed by atoms with Crippen molar-refractivity contribution in [3.05, 3.63) is 102 Å². The van der Waals surface area contributed by atoms with Gasteiger partial charge in [0.25, 0.3) is 5.91 Å². The van der Waals surface area contributed by atoms with Gasteiger partial charge in [-0.25, -0.2) is 14.8 Å². The number of aromatic nitrogens is 2. The van der Waals surface area contributed by atoms with Crippen LogP contribution in [-0.4, -0.2) is 98.5 Å². The summed E-state index contributed by atoms with van der Waals surface area (Å²) >= 11 is 0. The summed E-state index contributed by atoms with van der Waals surface area (Å²) in [6.45, 7) is 5.02. The van der Waals surface area contributed by atoms with Crippen molar-refractivity contribution in [3.63, 3.8) is 0 Å². The zero-order valence-electron chi connectivity index (χ0n) is 35.5. The highest BCUT2D eigenvalue weighted by atomic mass is 16.5. The van der Waals surface area contributed by atoms with Crippen molar-refractivity contribution in [2.24, 2.45) is 0 Å². The number of aryl methyl sites for hydroxylation is 1. The summed E-state index contributed by atoms with van der Waals surface area (Å²) in [5, 5.41) is 24.0. The van der Waals surface area contributed by atoms with Crippen molar-refractivity contribution in [2.45, 2.75) is 32.9 Å². The van der Waals surface area contributed by atoms with Crippen LogP contribution in [-0.2, 0) is 17.8 Å². The molecule has 0 aliphatic carbocycles. The second-order valence-electron chi connectivity index (χ2n) is 14.6. The fourth-order valence-corrected chi connectivity index (χ4v) is 7.49. The molecule has 0 bridgehead atoms. The molecule has 4 aromatic carbocycles. The Morgan fingerprint density at radius 2 is 1.39 bits per heavy atom. The highest BCUT2D eigenvalue weighted by molar-refractivity contribution is 6.09. The SMILES string of the molecule is CCc1nc(OC)c(NC(=O)N2CCN(c3cc(OC)c(OC)c(OC)c3)CC2)cc1C(=O)NC(C)C(=O)Nc1cc(CO)cc(Nc2c3ccccc3nc3ccccc23)c1. The van der Waals surface area contributed by atoms with Gasteiger partial charge in [0.15, 0.2) is 11.5 Å². The lowest BCUT2D eigenvalue weighted by atomic mass is 10.1. The number of nitrogens with one attached hydrogen (secondary N) is 4. The van der Waals surface area contributed by atoms with Crippen molar-refractivity contribution in [2.75, 3.05) is 75.5 Å². The number of aliphatic hydroxyl groups excluding tert-OH is 1. The van der Waals surface area contributed by atoms with Gasteiger partial charge >= 0.3 is 6.03 Å². The minimum absolute atomic E-state index is 0.148. The fraction of sp³-hybridized carbons (Fsp3) is 0.283. The summed E-state index contributed by atoms with van der Waals surface area (Å²) in [4.78, 5) is 54.2. The maximum atomic E-state index is 13.8. The molecule has 62 heavy (non-hydrogen) atoms. The normalized spacial score (nSPS) is 13.0. The first-order chi connectivity index (χ1) is 30.1. The molecular weight excluding hydrogens is 793 g/mol. The summed E-state index contributed by atoms with van der Waals surface area (Å²) in [6.07, 6.45) is 0.378. The summed E-state index contributed by atoms with van der Waals surface area (Å²) in [6, 6.07) is 24.8. The second-order valence-corrected chi connectivity index (χ2v) is 14.6. The maximum Gasteiger partial charge on any atom is 0.322 e. The van der Waals surface area contributed by atoms with E-state index in [2.05, 4.69) is 31.2 Å². The van der Waals surface area contributed by atoms with E-state index < -0.39 is 17.9 Å². The number of pyridine rings is 2. The van der Waals surface area contributed by atoms with E-state index in [4.69, 9.17) is 23.9 Å². The van der Waals surface area contributed by atoms with Crippen LogP contribution in [0.1, 0.15) is 35.5 Å². The number of ether oxygens (including phenoxy) is 4. The average Bonchev–Trinajstić information content (AvgIpc) is 3.30. The van der Waals surface area contributed by atoms with Gasteiger partial charge in [-0.05, 0) is 55.3 Å². The van der Waals surface area contributed by atoms with Gasteiger partial charge in [-0.1, -0.05) is 43.3 Å². The van der Waals surface area contributed by atoms with E-state index in [0.29, 0.717) is 72.5 Å². The summed E-state index contributed by atoms with van der Waals surface area (Å²) < 4.78 is 22.0. The minimum Gasteiger partial charge on any atom is -0.493 e. The number of fused-ring (bicyclic) bond motifs is 2. The quantitative estimate of drug-likeness (QED) is 0.0729. The van der Waals surface area contributed by atoms with E-state index in [1.807, 2.05) is 73.7 Å². The predicted octanol–water partition coefficient (Wildman–Crippen LogP) is 6.73. The van der Waals surface area contributed by atoms with Gasteiger partial charge in [0.1, 0.15) is 11.7 Å². The molecule has 4 amide bonds. The molecule has 322 valence electrons. The first-order valence-electron chi connectivity index (χ1n) is 20.2. The number of amides is 4. The van der Waals surface area contributed by atoms with Crippen LogP contribution < -0.4 is 45.1 Å². The van der Waals surface area contributed by atoms with Crippen molar-refractivity contribution in [1.29, 1.82) is 0 Å². The molecule has 3 heterocycles. The zero-order valence-corrected chi connectivity index (χ0v) is 35.5. The Balaban J connectivity index is 1.03. The molecular formula is C46H50N8O8. The number of benzene rings is 4. The monoisotopic (exact) mass is 842 g/mol. The van der Waals surface area contributed by atoms with E-state index in [1.165, 1.54) is 13.2 Å². The van der Waals surface area contributed by atoms with E-state index in [-0.39, 0.29) is 29.8 Å². The van der Waals surface area contributed by atoms with Crippen LogP contribution in [0.4, 0.5) is 33.2 Å². The molecule has 2 aromatic heterocycles. The molecule has 1 fully saturated rings. The van der Waals surface area contributed by atoms with Gasteiger partial charge in [0.05, 0.1) is 63.0 Å². The lowest BCUT2D eigenvalue weighted by molar-refractivity contribution is -0.117. The molecule has 1 saturated heterocycles. The number of anilines is 5. The van der Waals surface area contributed by atoms with Crippen LogP contribution in [0.15, 0.2) is 84.9 Å². The van der Waals surface area contributed by atoms with Gasteiger partial charge in [-0.3, -0.25) is 9.59 Å². The van der Waals surface area contributed by atoms with Crippen LogP contribution in [0.3, 0.4) is 0 Å². The van der Waals surface area contributed by atoms with E-state index in [9.17, 15) is 19.5 Å².